The van der Waals surface area contributed by atoms with E-state index in [-0.39, 0.29) is 11.2 Å². The topological polar surface area (TPSA) is 64.1 Å². The van der Waals surface area contributed by atoms with Gasteiger partial charge in [-0.15, -0.1) is 10.2 Å². The number of nitrogens with zero attached hydrogens (tertiary/aromatic N) is 2. The van der Waals surface area contributed by atoms with E-state index >= 15 is 0 Å². The van der Waals surface area contributed by atoms with Gasteiger partial charge >= 0.3 is 5.97 Å². The highest BCUT2D eigenvalue weighted by molar-refractivity contribution is 8.02. The minimum atomic E-state index is -0.176. The van der Waals surface area contributed by atoms with Crippen molar-refractivity contribution in [1.82, 2.24) is 10.2 Å². The SMILES string of the molecule is CCCCC(Sc1nnc(NC2CC2)s1)C(=O)OC. The third-order valence-electron chi connectivity index (χ3n) is 2.84. The van der Waals surface area contributed by atoms with Crippen molar-refractivity contribution in [2.24, 2.45) is 0 Å². The van der Waals surface area contributed by atoms with Gasteiger partial charge in [0, 0.05) is 6.04 Å². The Labute approximate surface area is 121 Å². The Hall–Kier alpha value is -0.820. The summed E-state index contributed by atoms with van der Waals surface area (Å²) in [6.45, 7) is 2.11. The molecule has 106 valence electrons. The number of anilines is 1. The summed E-state index contributed by atoms with van der Waals surface area (Å²) in [6, 6.07) is 0.572. The molecular weight excluding hydrogens is 282 g/mol. The zero-order valence-corrected chi connectivity index (χ0v) is 12.9. The Morgan fingerprint density at radius 3 is 3.00 bits per heavy atom. The second kappa shape index (κ2) is 7.09. The Kier molecular flexibility index (Phi) is 5.45. The molecule has 0 bridgehead atoms. The highest BCUT2D eigenvalue weighted by atomic mass is 32.2. The number of methoxy groups -OCH3 is 1. The predicted octanol–water partition coefficient (Wildman–Crippen LogP) is 2.94. The molecule has 0 spiro atoms. The lowest BCUT2D eigenvalue weighted by Gasteiger charge is -2.11. The number of rotatable bonds is 8. The second-order valence-corrected chi connectivity index (χ2v) is 6.99. The molecule has 1 unspecified atom stereocenters. The maximum absolute atomic E-state index is 11.7. The molecule has 0 aromatic carbocycles. The van der Waals surface area contributed by atoms with E-state index in [9.17, 15) is 4.79 Å². The zero-order chi connectivity index (χ0) is 13.7. The number of hydrogen-bond acceptors (Lipinski definition) is 7. The molecule has 1 saturated carbocycles. The van der Waals surface area contributed by atoms with Crippen LogP contribution < -0.4 is 5.32 Å². The van der Waals surface area contributed by atoms with E-state index in [2.05, 4.69) is 22.4 Å². The summed E-state index contributed by atoms with van der Waals surface area (Å²) in [5.74, 6) is -0.176. The summed E-state index contributed by atoms with van der Waals surface area (Å²) in [4.78, 5) is 11.7. The number of hydrogen-bond donors (Lipinski definition) is 1. The highest BCUT2D eigenvalue weighted by Crippen LogP contribution is 2.33. The zero-order valence-electron chi connectivity index (χ0n) is 11.2. The van der Waals surface area contributed by atoms with Crippen LogP contribution in [0, 0.1) is 0 Å². The van der Waals surface area contributed by atoms with Crippen molar-refractivity contribution in [1.29, 1.82) is 0 Å². The van der Waals surface area contributed by atoms with Crippen molar-refractivity contribution >= 4 is 34.2 Å². The maximum atomic E-state index is 11.7. The molecule has 1 fully saturated rings. The molecule has 1 atom stereocenters. The number of unbranched alkanes of at least 4 members (excludes halogenated alkanes) is 1. The van der Waals surface area contributed by atoms with Crippen molar-refractivity contribution < 1.29 is 9.53 Å². The van der Waals surface area contributed by atoms with Crippen LogP contribution in [0.15, 0.2) is 4.34 Å². The summed E-state index contributed by atoms with van der Waals surface area (Å²) >= 11 is 2.97. The van der Waals surface area contributed by atoms with Crippen molar-refractivity contribution in [3.63, 3.8) is 0 Å². The van der Waals surface area contributed by atoms with Crippen LogP contribution in [0.25, 0.3) is 0 Å². The Bertz CT molecular complexity index is 421. The van der Waals surface area contributed by atoms with E-state index in [0.717, 1.165) is 28.7 Å². The van der Waals surface area contributed by atoms with E-state index in [0.29, 0.717) is 6.04 Å². The van der Waals surface area contributed by atoms with Crippen molar-refractivity contribution in [3.8, 4) is 0 Å². The monoisotopic (exact) mass is 301 g/mol. The van der Waals surface area contributed by atoms with Crippen molar-refractivity contribution in [2.75, 3.05) is 12.4 Å². The van der Waals surface area contributed by atoms with Gasteiger partial charge in [-0.1, -0.05) is 42.9 Å². The molecule has 1 N–H and O–H groups in total. The quantitative estimate of drug-likeness (QED) is 0.588. The third kappa shape index (κ3) is 4.65. The number of aromatic nitrogens is 2. The van der Waals surface area contributed by atoms with E-state index in [1.165, 1.54) is 43.1 Å². The first-order valence-electron chi connectivity index (χ1n) is 6.57. The number of nitrogens with one attached hydrogen (secondary N) is 1. The number of carbonyl (C=O) groups is 1. The molecule has 1 heterocycles. The molecule has 1 aromatic heterocycles. The van der Waals surface area contributed by atoms with E-state index < -0.39 is 0 Å². The normalized spacial score (nSPS) is 16.1. The Morgan fingerprint density at radius 2 is 2.37 bits per heavy atom. The molecule has 0 amide bonds. The lowest BCUT2D eigenvalue weighted by atomic mass is 10.2. The van der Waals surface area contributed by atoms with Gasteiger partial charge in [0.05, 0.1) is 7.11 Å². The molecule has 1 aliphatic carbocycles. The minimum absolute atomic E-state index is 0.174. The van der Waals surface area contributed by atoms with Gasteiger partial charge in [0.1, 0.15) is 5.25 Å². The first kappa shape index (κ1) is 14.6. The molecule has 0 radical (unpaired) electrons. The number of ether oxygens (including phenoxy) is 1. The van der Waals surface area contributed by atoms with Gasteiger partial charge in [-0.2, -0.15) is 0 Å². The minimum Gasteiger partial charge on any atom is -0.468 e. The number of esters is 1. The van der Waals surface area contributed by atoms with E-state index in [4.69, 9.17) is 4.74 Å². The number of thioether (sulfide) groups is 1. The van der Waals surface area contributed by atoms with Gasteiger partial charge in [-0.05, 0) is 19.3 Å². The van der Waals surface area contributed by atoms with Crippen LogP contribution in [-0.4, -0.2) is 34.6 Å². The van der Waals surface area contributed by atoms with Crippen molar-refractivity contribution in [2.45, 2.75) is 54.7 Å². The van der Waals surface area contributed by atoms with Crippen LogP contribution in [0.2, 0.25) is 0 Å². The lowest BCUT2D eigenvalue weighted by molar-refractivity contribution is -0.140. The van der Waals surface area contributed by atoms with E-state index in [1.54, 1.807) is 0 Å². The summed E-state index contributed by atoms with van der Waals surface area (Å²) in [7, 11) is 1.43. The average molecular weight is 301 g/mol. The van der Waals surface area contributed by atoms with Crippen molar-refractivity contribution in [3.05, 3.63) is 0 Å². The summed E-state index contributed by atoms with van der Waals surface area (Å²) in [5.41, 5.74) is 0. The summed E-state index contributed by atoms with van der Waals surface area (Å²) < 4.78 is 5.67. The average Bonchev–Trinajstić information content (AvgIpc) is 3.12. The fourth-order valence-corrected chi connectivity index (χ4v) is 3.73. The first-order chi connectivity index (χ1) is 9.22. The molecule has 2 rings (SSSR count). The third-order valence-corrected chi connectivity index (χ3v) is 5.02. The van der Waals surface area contributed by atoms with Crippen LogP contribution >= 0.6 is 23.1 Å². The molecule has 1 aliphatic rings. The molecular formula is C12H19N3O2S2. The molecule has 7 heteroatoms. The molecule has 1 aromatic rings. The highest BCUT2D eigenvalue weighted by Gasteiger charge is 2.24. The van der Waals surface area contributed by atoms with Gasteiger partial charge in [-0.3, -0.25) is 4.79 Å². The summed E-state index contributed by atoms with van der Waals surface area (Å²) in [5, 5.41) is 12.2. The molecule has 5 nitrogen and oxygen atoms in total. The molecule has 19 heavy (non-hydrogen) atoms. The fraction of sp³-hybridized carbons (Fsp3) is 0.750. The van der Waals surface area contributed by atoms with Crippen LogP contribution in [0.3, 0.4) is 0 Å². The van der Waals surface area contributed by atoms with Gasteiger partial charge in [-0.25, -0.2) is 0 Å². The second-order valence-electron chi connectivity index (χ2n) is 4.56. The first-order valence-corrected chi connectivity index (χ1v) is 8.27. The van der Waals surface area contributed by atoms with Crippen LogP contribution in [0.4, 0.5) is 5.13 Å². The van der Waals surface area contributed by atoms with Gasteiger partial charge < -0.3 is 10.1 Å². The largest absolute Gasteiger partial charge is 0.468 e. The van der Waals surface area contributed by atoms with Crippen LogP contribution in [-0.2, 0) is 9.53 Å². The lowest BCUT2D eigenvalue weighted by Crippen LogP contribution is -2.18. The van der Waals surface area contributed by atoms with Gasteiger partial charge in [0.2, 0.25) is 5.13 Å². The standard InChI is InChI=1S/C12H19N3O2S2/c1-3-4-5-9(10(16)17-2)18-12-15-14-11(19-12)13-8-6-7-8/h8-9H,3-7H2,1-2H3,(H,13,14). The molecule has 0 aliphatic heterocycles. The maximum Gasteiger partial charge on any atom is 0.319 e. The van der Waals surface area contributed by atoms with Crippen LogP contribution in [0.1, 0.15) is 39.0 Å². The Morgan fingerprint density at radius 1 is 1.58 bits per heavy atom. The van der Waals surface area contributed by atoms with Crippen LogP contribution in [0.5, 0.6) is 0 Å². The Balaban J connectivity index is 1.90. The molecule has 0 saturated heterocycles. The summed E-state index contributed by atoms with van der Waals surface area (Å²) in [6.07, 6.45) is 5.32. The van der Waals surface area contributed by atoms with Gasteiger partial charge in [0.25, 0.3) is 0 Å². The van der Waals surface area contributed by atoms with Gasteiger partial charge in [0.15, 0.2) is 4.34 Å². The fourth-order valence-electron chi connectivity index (χ4n) is 1.59. The number of carbonyl (C=O) groups excluding carboxylic acids is 1. The smallest absolute Gasteiger partial charge is 0.319 e. The predicted molar refractivity (Wildman–Crippen MR) is 77.7 cm³/mol. The van der Waals surface area contributed by atoms with E-state index in [1.807, 2.05) is 0 Å².